The molecule has 1 fully saturated rings. The molecule has 0 aliphatic carbocycles. The van der Waals surface area contributed by atoms with Gasteiger partial charge in [0.15, 0.2) is 6.10 Å². The lowest BCUT2D eigenvalue weighted by Gasteiger charge is -2.28. The van der Waals surface area contributed by atoms with E-state index < -0.39 is 22.1 Å². The van der Waals surface area contributed by atoms with E-state index in [0.29, 0.717) is 0 Å². The quantitative estimate of drug-likeness (QED) is 0.863. The summed E-state index contributed by atoms with van der Waals surface area (Å²) in [5, 5.41) is 18.8. The lowest BCUT2D eigenvalue weighted by atomic mass is 10.3. The lowest BCUT2D eigenvalue weighted by Crippen LogP contribution is -2.44. The highest BCUT2D eigenvalue weighted by atomic mass is 32.2. The number of carbonyl (C=O) groups is 1. The van der Waals surface area contributed by atoms with Gasteiger partial charge in [0.25, 0.3) is 0 Å². The van der Waals surface area contributed by atoms with Crippen LogP contribution in [0.15, 0.2) is 16.3 Å². The van der Waals surface area contributed by atoms with E-state index in [1.807, 2.05) is 6.07 Å². The molecule has 0 spiro atoms. The third-order valence-corrected chi connectivity index (χ3v) is 5.51. The van der Waals surface area contributed by atoms with Gasteiger partial charge in [-0.1, -0.05) is 0 Å². The smallest absolute Gasteiger partial charge is 0.345 e. The number of sulfonamides is 1. The lowest BCUT2D eigenvalue weighted by molar-refractivity contribution is 0.0311. The van der Waals surface area contributed by atoms with Crippen LogP contribution < -0.4 is 0 Å². The van der Waals surface area contributed by atoms with Crippen LogP contribution in [-0.4, -0.2) is 49.6 Å². The van der Waals surface area contributed by atoms with Gasteiger partial charge in [-0.3, -0.25) is 0 Å². The molecule has 7 nitrogen and oxygen atoms in total. The number of carboxylic acids is 1. The van der Waals surface area contributed by atoms with Crippen molar-refractivity contribution in [3.05, 3.63) is 16.3 Å². The molecule has 1 aliphatic heterocycles. The number of nitriles is 1. The summed E-state index contributed by atoms with van der Waals surface area (Å²) >= 11 is 0.853. The molecule has 1 atom stereocenters. The SMILES string of the molecule is N#CC1CN(S(=O)(=O)c2csc(C(=O)O)c2)CCO1. The molecule has 1 aromatic heterocycles. The molecule has 9 heteroatoms. The average Bonchev–Trinajstić information content (AvgIpc) is 2.89. The molecule has 0 radical (unpaired) electrons. The van der Waals surface area contributed by atoms with E-state index in [9.17, 15) is 13.2 Å². The van der Waals surface area contributed by atoms with Crippen molar-refractivity contribution in [2.75, 3.05) is 19.7 Å². The van der Waals surface area contributed by atoms with Crippen molar-refractivity contribution < 1.29 is 23.1 Å². The van der Waals surface area contributed by atoms with Gasteiger partial charge in [-0.2, -0.15) is 9.57 Å². The second kappa shape index (κ2) is 5.26. The first-order valence-electron chi connectivity index (χ1n) is 5.28. The number of hydrogen-bond acceptors (Lipinski definition) is 6. The summed E-state index contributed by atoms with van der Waals surface area (Å²) in [6, 6.07) is 2.99. The fourth-order valence-corrected chi connectivity index (χ4v) is 4.16. The van der Waals surface area contributed by atoms with Gasteiger partial charge in [-0.15, -0.1) is 11.3 Å². The van der Waals surface area contributed by atoms with E-state index in [-0.39, 0.29) is 29.5 Å². The van der Waals surface area contributed by atoms with E-state index >= 15 is 0 Å². The standard InChI is InChI=1S/C10H10N2O5S2/c11-4-7-5-12(1-2-17-7)19(15,16)8-3-9(10(13)14)18-6-8/h3,6-7H,1-2,5H2,(H,13,14). The number of aromatic carboxylic acids is 1. The number of hydrogen-bond donors (Lipinski definition) is 1. The number of carboxylic acid groups (broad SMARTS) is 1. The Labute approximate surface area is 113 Å². The Kier molecular flexibility index (Phi) is 3.86. The van der Waals surface area contributed by atoms with Crippen molar-refractivity contribution in [1.29, 1.82) is 5.26 Å². The number of rotatable bonds is 3. The maximum absolute atomic E-state index is 12.3. The average molecular weight is 302 g/mol. The number of ether oxygens (including phenoxy) is 1. The van der Waals surface area contributed by atoms with Crippen molar-refractivity contribution >= 4 is 27.3 Å². The van der Waals surface area contributed by atoms with Gasteiger partial charge in [0.1, 0.15) is 4.88 Å². The monoisotopic (exact) mass is 302 g/mol. The number of thiophene rings is 1. The molecular formula is C10H10N2O5S2. The summed E-state index contributed by atoms with van der Waals surface area (Å²) in [7, 11) is -3.77. The molecule has 0 aromatic carbocycles. The zero-order valence-corrected chi connectivity index (χ0v) is 11.3. The molecular weight excluding hydrogens is 292 g/mol. The van der Waals surface area contributed by atoms with Crippen LogP contribution in [0.4, 0.5) is 0 Å². The second-order valence-electron chi connectivity index (χ2n) is 3.80. The Morgan fingerprint density at radius 3 is 2.95 bits per heavy atom. The van der Waals surface area contributed by atoms with Crippen molar-refractivity contribution in [3.8, 4) is 6.07 Å². The Morgan fingerprint density at radius 1 is 1.63 bits per heavy atom. The van der Waals surface area contributed by atoms with Gasteiger partial charge >= 0.3 is 5.97 Å². The van der Waals surface area contributed by atoms with Crippen molar-refractivity contribution in [1.82, 2.24) is 4.31 Å². The Balaban J connectivity index is 2.26. The van der Waals surface area contributed by atoms with Crippen LogP contribution in [0.2, 0.25) is 0 Å². The third kappa shape index (κ3) is 2.76. The fraction of sp³-hybridized carbons (Fsp3) is 0.400. The first kappa shape index (κ1) is 14.0. The second-order valence-corrected chi connectivity index (χ2v) is 6.65. The van der Waals surface area contributed by atoms with Gasteiger partial charge in [0, 0.05) is 11.9 Å². The molecule has 2 heterocycles. The molecule has 1 N–H and O–H groups in total. The Morgan fingerprint density at radius 2 is 2.37 bits per heavy atom. The van der Waals surface area contributed by atoms with E-state index in [4.69, 9.17) is 15.1 Å². The zero-order valence-electron chi connectivity index (χ0n) is 9.64. The molecule has 1 aliphatic rings. The van der Waals surface area contributed by atoms with Crippen LogP contribution in [0.1, 0.15) is 9.67 Å². The minimum atomic E-state index is -3.77. The summed E-state index contributed by atoms with van der Waals surface area (Å²) < 4.78 is 30.7. The van der Waals surface area contributed by atoms with Crippen LogP contribution >= 0.6 is 11.3 Å². The molecule has 2 rings (SSSR count). The molecule has 0 saturated carbocycles. The molecule has 0 amide bonds. The van der Waals surface area contributed by atoms with Crippen LogP contribution in [0.5, 0.6) is 0 Å². The minimum absolute atomic E-state index is 0.0383. The number of nitrogens with zero attached hydrogens (tertiary/aromatic N) is 2. The maximum atomic E-state index is 12.3. The molecule has 1 unspecified atom stereocenters. The summed E-state index contributed by atoms with van der Waals surface area (Å²) in [5.41, 5.74) is 0. The summed E-state index contributed by atoms with van der Waals surface area (Å²) in [6.45, 7) is 0.253. The highest BCUT2D eigenvalue weighted by molar-refractivity contribution is 7.89. The predicted molar refractivity (Wildman–Crippen MR) is 65.4 cm³/mol. The predicted octanol–water partition coefficient (Wildman–Crippen LogP) is 0.359. The minimum Gasteiger partial charge on any atom is -0.477 e. The van der Waals surface area contributed by atoms with Gasteiger partial charge in [-0.25, -0.2) is 13.2 Å². The highest BCUT2D eigenvalue weighted by Crippen LogP contribution is 2.24. The van der Waals surface area contributed by atoms with E-state index in [1.165, 1.54) is 5.38 Å². The highest BCUT2D eigenvalue weighted by Gasteiger charge is 2.31. The number of morpholine rings is 1. The van der Waals surface area contributed by atoms with Crippen LogP contribution in [-0.2, 0) is 14.8 Å². The fourth-order valence-electron chi connectivity index (χ4n) is 1.64. The molecule has 19 heavy (non-hydrogen) atoms. The molecule has 102 valence electrons. The van der Waals surface area contributed by atoms with E-state index in [0.717, 1.165) is 21.7 Å². The summed E-state index contributed by atoms with van der Waals surface area (Å²) in [4.78, 5) is 10.7. The van der Waals surface area contributed by atoms with Crippen molar-refractivity contribution in [3.63, 3.8) is 0 Å². The maximum Gasteiger partial charge on any atom is 0.345 e. The molecule has 1 aromatic rings. The normalized spacial score (nSPS) is 20.9. The van der Waals surface area contributed by atoms with E-state index in [2.05, 4.69) is 0 Å². The third-order valence-electron chi connectivity index (χ3n) is 2.60. The van der Waals surface area contributed by atoms with Gasteiger partial charge < -0.3 is 9.84 Å². The van der Waals surface area contributed by atoms with Crippen LogP contribution in [0.25, 0.3) is 0 Å². The largest absolute Gasteiger partial charge is 0.477 e. The van der Waals surface area contributed by atoms with Gasteiger partial charge in [-0.05, 0) is 6.07 Å². The van der Waals surface area contributed by atoms with Crippen LogP contribution in [0, 0.1) is 11.3 Å². The van der Waals surface area contributed by atoms with Gasteiger partial charge in [0.2, 0.25) is 10.0 Å². The summed E-state index contributed by atoms with van der Waals surface area (Å²) in [5.74, 6) is -1.16. The van der Waals surface area contributed by atoms with Crippen molar-refractivity contribution in [2.45, 2.75) is 11.0 Å². The Hall–Kier alpha value is -1.47. The first-order valence-corrected chi connectivity index (χ1v) is 7.60. The molecule has 0 bridgehead atoms. The molecule has 1 saturated heterocycles. The van der Waals surface area contributed by atoms with Crippen LogP contribution in [0.3, 0.4) is 0 Å². The van der Waals surface area contributed by atoms with E-state index in [1.54, 1.807) is 0 Å². The van der Waals surface area contributed by atoms with Gasteiger partial charge in [0.05, 0.1) is 24.1 Å². The Bertz CT molecular complexity index is 631. The summed E-state index contributed by atoms with van der Waals surface area (Å²) in [6.07, 6.45) is -0.791. The van der Waals surface area contributed by atoms with Crippen molar-refractivity contribution in [2.24, 2.45) is 0 Å². The zero-order chi connectivity index (χ0) is 14.0. The topological polar surface area (TPSA) is 108 Å². The first-order chi connectivity index (χ1) is 8.95.